The summed E-state index contributed by atoms with van der Waals surface area (Å²) in [6, 6.07) is 8.62. The molecule has 1 unspecified atom stereocenters. The van der Waals surface area contributed by atoms with Gasteiger partial charge in [-0.05, 0) is 37.5 Å². The van der Waals surface area contributed by atoms with Gasteiger partial charge < -0.3 is 5.11 Å². The quantitative estimate of drug-likeness (QED) is 0.901. The highest BCUT2D eigenvalue weighted by Crippen LogP contribution is 2.43. The molecule has 1 aromatic rings. The number of carboxylic acids is 1. The summed E-state index contributed by atoms with van der Waals surface area (Å²) in [5, 5.41) is 9.87. The van der Waals surface area contributed by atoms with Crippen LogP contribution >= 0.6 is 11.6 Å². The highest BCUT2D eigenvalue weighted by atomic mass is 35.5. The smallest absolute Gasteiger partial charge is 0.317 e. The Morgan fingerprint density at radius 3 is 2.46 bits per heavy atom. The molecule has 1 saturated carbocycles. The molecule has 24 heavy (non-hydrogen) atoms. The molecule has 1 aliphatic heterocycles. The summed E-state index contributed by atoms with van der Waals surface area (Å²) in [6.07, 6.45) is 6.18. The minimum atomic E-state index is -0.736. The second kappa shape index (κ2) is 7.42. The monoisotopic (exact) mass is 350 g/mol. The van der Waals surface area contributed by atoms with Crippen molar-refractivity contribution in [3.63, 3.8) is 0 Å². The van der Waals surface area contributed by atoms with Crippen LogP contribution in [-0.4, -0.2) is 53.1 Å². The second-order valence-electron chi connectivity index (χ2n) is 7.26. The molecule has 0 amide bonds. The largest absolute Gasteiger partial charge is 0.480 e. The van der Waals surface area contributed by atoms with Crippen molar-refractivity contribution in [3.8, 4) is 0 Å². The number of aliphatic carboxylic acids is 1. The van der Waals surface area contributed by atoms with Crippen LogP contribution < -0.4 is 0 Å². The first kappa shape index (κ1) is 17.7. The number of nitrogens with zero attached hydrogens (tertiary/aromatic N) is 2. The third-order valence-electron chi connectivity index (χ3n) is 5.77. The van der Waals surface area contributed by atoms with Gasteiger partial charge in [-0.1, -0.05) is 43.0 Å². The van der Waals surface area contributed by atoms with Gasteiger partial charge in [-0.3, -0.25) is 14.6 Å². The maximum absolute atomic E-state index is 11.0. The Morgan fingerprint density at radius 1 is 1.21 bits per heavy atom. The summed E-state index contributed by atoms with van der Waals surface area (Å²) in [5.74, 6) is -0.736. The van der Waals surface area contributed by atoms with E-state index < -0.39 is 5.97 Å². The summed E-state index contributed by atoms with van der Waals surface area (Å²) in [7, 11) is 0. The second-order valence-corrected chi connectivity index (χ2v) is 7.69. The average Bonchev–Trinajstić information content (AvgIpc) is 2.57. The SMILES string of the molecule is CC1CN(C2(c3ccc(Cl)cc3)CCCCC2)CCN1CC(=O)O. The fraction of sp³-hybridized carbons (Fsp3) is 0.632. The van der Waals surface area contributed by atoms with Crippen LogP contribution in [0.3, 0.4) is 0 Å². The lowest BCUT2D eigenvalue weighted by molar-refractivity contribution is -0.140. The number of halogens is 1. The lowest BCUT2D eigenvalue weighted by atomic mass is 9.74. The Labute approximate surface area is 149 Å². The Hall–Kier alpha value is -1.10. The topological polar surface area (TPSA) is 43.8 Å². The maximum Gasteiger partial charge on any atom is 0.317 e. The van der Waals surface area contributed by atoms with Crippen LogP contribution in [0.1, 0.15) is 44.6 Å². The van der Waals surface area contributed by atoms with E-state index in [9.17, 15) is 4.79 Å². The predicted molar refractivity (Wildman–Crippen MR) is 96.5 cm³/mol. The van der Waals surface area contributed by atoms with Gasteiger partial charge in [0.2, 0.25) is 0 Å². The van der Waals surface area contributed by atoms with Crippen molar-refractivity contribution in [2.45, 2.75) is 50.6 Å². The van der Waals surface area contributed by atoms with E-state index in [4.69, 9.17) is 16.7 Å². The molecule has 2 fully saturated rings. The molecule has 1 heterocycles. The van der Waals surface area contributed by atoms with Crippen molar-refractivity contribution in [1.29, 1.82) is 0 Å². The van der Waals surface area contributed by atoms with Crippen molar-refractivity contribution >= 4 is 17.6 Å². The molecule has 3 rings (SSSR count). The van der Waals surface area contributed by atoms with Crippen molar-refractivity contribution < 1.29 is 9.90 Å². The molecular formula is C19H27ClN2O2. The van der Waals surface area contributed by atoms with Gasteiger partial charge in [0.1, 0.15) is 0 Å². The van der Waals surface area contributed by atoms with E-state index in [1.807, 2.05) is 12.1 Å². The number of benzene rings is 1. The minimum Gasteiger partial charge on any atom is -0.480 e. The number of carbonyl (C=O) groups is 1. The molecule has 1 aromatic carbocycles. The number of carboxylic acid groups (broad SMARTS) is 1. The molecule has 4 nitrogen and oxygen atoms in total. The maximum atomic E-state index is 11.0. The van der Waals surface area contributed by atoms with E-state index in [1.54, 1.807) is 0 Å². The first-order chi connectivity index (χ1) is 11.5. The Morgan fingerprint density at radius 2 is 1.88 bits per heavy atom. The van der Waals surface area contributed by atoms with Crippen molar-refractivity contribution in [2.75, 3.05) is 26.2 Å². The third-order valence-corrected chi connectivity index (χ3v) is 6.02. The first-order valence-electron chi connectivity index (χ1n) is 8.98. The van der Waals surface area contributed by atoms with Gasteiger partial charge in [0, 0.05) is 36.2 Å². The van der Waals surface area contributed by atoms with Gasteiger partial charge in [-0.15, -0.1) is 0 Å². The molecule has 2 aliphatic rings. The number of hydrogen-bond acceptors (Lipinski definition) is 3. The summed E-state index contributed by atoms with van der Waals surface area (Å²) in [4.78, 5) is 15.7. The fourth-order valence-corrected chi connectivity index (χ4v) is 4.60. The fourth-order valence-electron chi connectivity index (χ4n) is 4.48. The minimum absolute atomic E-state index is 0.0897. The van der Waals surface area contributed by atoms with Gasteiger partial charge in [-0.2, -0.15) is 0 Å². The molecule has 1 atom stereocenters. The highest BCUT2D eigenvalue weighted by Gasteiger charge is 2.42. The molecule has 1 N–H and O–H groups in total. The molecule has 0 aromatic heterocycles. The number of piperazine rings is 1. The zero-order valence-electron chi connectivity index (χ0n) is 14.4. The molecular weight excluding hydrogens is 324 g/mol. The summed E-state index contributed by atoms with van der Waals surface area (Å²) < 4.78 is 0. The van der Waals surface area contributed by atoms with Gasteiger partial charge in [-0.25, -0.2) is 0 Å². The molecule has 1 saturated heterocycles. The van der Waals surface area contributed by atoms with Gasteiger partial charge in [0.25, 0.3) is 0 Å². The van der Waals surface area contributed by atoms with Gasteiger partial charge >= 0.3 is 5.97 Å². The van der Waals surface area contributed by atoms with Crippen LogP contribution in [0.25, 0.3) is 0 Å². The van der Waals surface area contributed by atoms with Crippen molar-refractivity contribution in [3.05, 3.63) is 34.9 Å². The Balaban J connectivity index is 1.82. The van der Waals surface area contributed by atoms with E-state index >= 15 is 0 Å². The lowest BCUT2D eigenvalue weighted by Crippen LogP contribution is -2.59. The van der Waals surface area contributed by atoms with Crippen LogP contribution in [0.4, 0.5) is 0 Å². The Kier molecular flexibility index (Phi) is 5.48. The van der Waals surface area contributed by atoms with E-state index in [0.717, 1.165) is 24.7 Å². The summed E-state index contributed by atoms with van der Waals surface area (Å²) in [5.41, 5.74) is 1.46. The van der Waals surface area contributed by atoms with Crippen molar-refractivity contribution in [1.82, 2.24) is 9.80 Å². The number of rotatable bonds is 4. The van der Waals surface area contributed by atoms with E-state index in [2.05, 4.69) is 28.9 Å². The normalized spacial score (nSPS) is 25.5. The number of hydrogen-bond donors (Lipinski definition) is 1. The average molecular weight is 351 g/mol. The van der Waals surface area contributed by atoms with Gasteiger partial charge in [0.15, 0.2) is 0 Å². The van der Waals surface area contributed by atoms with Crippen LogP contribution in [-0.2, 0) is 10.3 Å². The molecule has 1 aliphatic carbocycles. The van der Waals surface area contributed by atoms with Crippen LogP contribution in [0.15, 0.2) is 24.3 Å². The molecule has 5 heteroatoms. The molecule has 0 spiro atoms. The van der Waals surface area contributed by atoms with Crippen LogP contribution in [0.5, 0.6) is 0 Å². The zero-order chi connectivity index (χ0) is 17.2. The van der Waals surface area contributed by atoms with E-state index in [1.165, 1.54) is 37.7 Å². The standard InChI is InChI=1S/C19H27ClN2O2/c1-15-13-22(12-11-21(15)14-18(23)24)19(9-3-2-4-10-19)16-5-7-17(20)8-6-16/h5-8,15H,2-4,9-14H2,1H3,(H,23,24). The predicted octanol–water partition coefficient (Wildman–Crippen LogP) is 3.59. The van der Waals surface area contributed by atoms with Crippen LogP contribution in [0, 0.1) is 0 Å². The summed E-state index contributed by atoms with van der Waals surface area (Å²) in [6.45, 7) is 4.97. The summed E-state index contributed by atoms with van der Waals surface area (Å²) >= 11 is 6.10. The van der Waals surface area contributed by atoms with Crippen LogP contribution in [0.2, 0.25) is 5.02 Å². The van der Waals surface area contributed by atoms with E-state index in [-0.39, 0.29) is 18.1 Å². The Bertz CT molecular complexity index is 569. The molecule has 132 valence electrons. The highest BCUT2D eigenvalue weighted by molar-refractivity contribution is 6.30. The zero-order valence-corrected chi connectivity index (χ0v) is 15.1. The van der Waals surface area contributed by atoms with Crippen molar-refractivity contribution in [2.24, 2.45) is 0 Å². The van der Waals surface area contributed by atoms with Gasteiger partial charge in [0.05, 0.1) is 6.54 Å². The first-order valence-corrected chi connectivity index (χ1v) is 9.36. The third kappa shape index (κ3) is 3.61. The molecule has 0 bridgehead atoms. The van der Waals surface area contributed by atoms with E-state index in [0.29, 0.717) is 0 Å². The molecule has 0 radical (unpaired) electrons. The lowest BCUT2D eigenvalue weighted by Gasteiger charge is -2.52.